The van der Waals surface area contributed by atoms with E-state index in [0.29, 0.717) is 26.3 Å². The largest absolute Gasteiger partial charge is 0.480 e. The van der Waals surface area contributed by atoms with Crippen molar-refractivity contribution in [2.24, 2.45) is 0 Å². The van der Waals surface area contributed by atoms with Crippen molar-refractivity contribution in [3.8, 4) is 0 Å². The highest BCUT2D eigenvalue weighted by atomic mass is 35.5. The number of nitrogens with zero attached hydrogens (tertiary/aromatic N) is 1. The number of carboxylic acids is 1. The maximum Gasteiger partial charge on any atom is 0.323 e. The summed E-state index contributed by atoms with van der Waals surface area (Å²) >= 11 is 0. The van der Waals surface area contributed by atoms with E-state index in [0.717, 1.165) is 0 Å². The molecule has 84 valence electrons. The lowest BCUT2D eigenvalue weighted by Gasteiger charge is -2.31. The first kappa shape index (κ1) is 13.6. The van der Waals surface area contributed by atoms with Gasteiger partial charge in [0, 0.05) is 20.2 Å². The van der Waals surface area contributed by atoms with E-state index in [-0.39, 0.29) is 19.0 Å². The molecule has 1 atom stereocenters. The number of halogens is 1. The Morgan fingerprint density at radius 1 is 1.57 bits per heavy atom. The third-order valence-corrected chi connectivity index (χ3v) is 2.10. The number of carboxylic acid groups (broad SMARTS) is 1. The van der Waals surface area contributed by atoms with E-state index in [1.807, 2.05) is 4.90 Å². The quantitative estimate of drug-likeness (QED) is 0.721. The molecule has 0 aromatic heterocycles. The molecular weight excluding hydrogens is 210 g/mol. The molecule has 0 aliphatic carbocycles. The maximum atomic E-state index is 10.8. The molecule has 14 heavy (non-hydrogen) atoms. The molecule has 6 heteroatoms. The zero-order chi connectivity index (χ0) is 9.68. The highest BCUT2D eigenvalue weighted by molar-refractivity contribution is 5.85. The first-order valence-corrected chi connectivity index (χ1v) is 4.29. The molecule has 1 rings (SSSR count). The smallest absolute Gasteiger partial charge is 0.323 e. The molecule has 0 spiro atoms. The van der Waals surface area contributed by atoms with Gasteiger partial charge in [-0.15, -0.1) is 12.4 Å². The number of carbonyl (C=O) groups is 1. The van der Waals surface area contributed by atoms with Gasteiger partial charge in [-0.2, -0.15) is 0 Å². The predicted molar refractivity (Wildman–Crippen MR) is 52.9 cm³/mol. The fourth-order valence-corrected chi connectivity index (χ4v) is 1.38. The summed E-state index contributed by atoms with van der Waals surface area (Å²) in [5, 5.41) is 8.89. The van der Waals surface area contributed by atoms with Gasteiger partial charge in [0.25, 0.3) is 0 Å². The van der Waals surface area contributed by atoms with Crippen LogP contribution in [0.4, 0.5) is 0 Å². The summed E-state index contributed by atoms with van der Waals surface area (Å²) in [6, 6.07) is -0.533. The summed E-state index contributed by atoms with van der Waals surface area (Å²) in [6.45, 7) is 2.77. The molecule has 1 fully saturated rings. The lowest BCUT2D eigenvalue weighted by molar-refractivity contribution is -0.147. The Hall–Kier alpha value is -0.360. The van der Waals surface area contributed by atoms with E-state index in [2.05, 4.69) is 0 Å². The van der Waals surface area contributed by atoms with Crippen molar-refractivity contribution >= 4 is 18.4 Å². The van der Waals surface area contributed by atoms with Crippen LogP contribution in [-0.2, 0) is 14.3 Å². The van der Waals surface area contributed by atoms with Gasteiger partial charge < -0.3 is 14.6 Å². The summed E-state index contributed by atoms with van der Waals surface area (Å²) in [5.74, 6) is -0.830. The molecule has 5 nitrogen and oxygen atoms in total. The predicted octanol–water partition coefficient (Wildman–Crippen LogP) is -0.160. The summed E-state index contributed by atoms with van der Waals surface area (Å²) in [4.78, 5) is 12.7. The second-order valence-corrected chi connectivity index (χ2v) is 2.96. The van der Waals surface area contributed by atoms with E-state index in [1.54, 1.807) is 0 Å². The summed E-state index contributed by atoms with van der Waals surface area (Å²) in [6.07, 6.45) is 0. The third-order valence-electron chi connectivity index (χ3n) is 2.10. The number of hydrogen-bond acceptors (Lipinski definition) is 4. The van der Waals surface area contributed by atoms with Crippen LogP contribution in [0.5, 0.6) is 0 Å². The molecule has 0 aromatic carbocycles. The van der Waals surface area contributed by atoms with Gasteiger partial charge in [0.1, 0.15) is 6.04 Å². The van der Waals surface area contributed by atoms with E-state index in [9.17, 15) is 4.79 Å². The standard InChI is InChI=1S/C8H15NO4.ClH/c1-12-6-7(8(10)11)9-2-4-13-5-3-9;/h7H,2-6H2,1H3,(H,10,11);1H. The molecule has 1 N–H and O–H groups in total. The summed E-state index contributed by atoms with van der Waals surface area (Å²) in [5.41, 5.74) is 0. The molecule has 1 aliphatic heterocycles. The second-order valence-electron chi connectivity index (χ2n) is 2.96. The van der Waals surface area contributed by atoms with E-state index in [1.165, 1.54) is 7.11 Å². The van der Waals surface area contributed by atoms with Crippen LogP contribution in [-0.4, -0.2) is 62.0 Å². The molecule has 0 amide bonds. The first-order valence-electron chi connectivity index (χ1n) is 4.29. The zero-order valence-corrected chi connectivity index (χ0v) is 8.96. The Labute approximate surface area is 89.4 Å². The second kappa shape index (κ2) is 7.00. The normalized spacial score (nSPS) is 19.8. The van der Waals surface area contributed by atoms with Crippen LogP contribution in [0.15, 0.2) is 0 Å². The highest BCUT2D eigenvalue weighted by Gasteiger charge is 2.26. The maximum absolute atomic E-state index is 10.8. The summed E-state index contributed by atoms with van der Waals surface area (Å²) < 4.78 is 9.99. The van der Waals surface area contributed by atoms with E-state index >= 15 is 0 Å². The minimum atomic E-state index is -0.830. The number of aliphatic carboxylic acids is 1. The van der Waals surface area contributed by atoms with Crippen molar-refractivity contribution in [2.45, 2.75) is 6.04 Å². The number of morpholine rings is 1. The molecule has 0 saturated carbocycles. The Morgan fingerprint density at radius 3 is 2.57 bits per heavy atom. The lowest BCUT2D eigenvalue weighted by Crippen LogP contribution is -2.49. The number of hydrogen-bond donors (Lipinski definition) is 1. The Kier molecular flexibility index (Phi) is 6.82. The van der Waals surface area contributed by atoms with Crippen LogP contribution in [0, 0.1) is 0 Å². The van der Waals surface area contributed by atoms with Crippen LogP contribution >= 0.6 is 12.4 Å². The molecule has 1 unspecified atom stereocenters. The van der Waals surface area contributed by atoms with Crippen LogP contribution < -0.4 is 0 Å². The van der Waals surface area contributed by atoms with E-state index < -0.39 is 12.0 Å². The van der Waals surface area contributed by atoms with Crippen LogP contribution in [0.3, 0.4) is 0 Å². The number of rotatable bonds is 4. The molecule has 1 aliphatic rings. The molecule has 0 bridgehead atoms. The van der Waals surface area contributed by atoms with Gasteiger partial charge in [-0.25, -0.2) is 0 Å². The van der Waals surface area contributed by atoms with Gasteiger partial charge in [0.2, 0.25) is 0 Å². The number of methoxy groups -OCH3 is 1. The monoisotopic (exact) mass is 225 g/mol. The van der Waals surface area contributed by atoms with Crippen LogP contribution in [0.25, 0.3) is 0 Å². The average molecular weight is 226 g/mol. The highest BCUT2D eigenvalue weighted by Crippen LogP contribution is 2.04. The van der Waals surface area contributed by atoms with Gasteiger partial charge in [-0.3, -0.25) is 9.69 Å². The molecule has 0 radical (unpaired) electrons. The van der Waals surface area contributed by atoms with Gasteiger partial charge in [0.15, 0.2) is 0 Å². The van der Waals surface area contributed by atoms with Crippen molar-refractivity contribution in [2.75, 3.05) is 40.0 Å². The van der Waals surface area contributed by atoms with Gasteiger partial charge in [-0.05, 0) is 0 Å². The SMILES string of the molecule is COCC(C(=O)O)N1CCOCC1.Cl. The topological polar surface area (TPSA) is 59.0 Å². The molecule has 0 aromatic rings. The lowest BCUT2D eigenvalue weighted by atomic mass is 10.2. The van der Waals surface area contributed by atoms with Crippen molar-refractivity contribution in [3.05, 3.63) is 0 Å². The zero-order valence-electron chi connectivity index (χ0n) is 8.14. The average Bonchev–Trinajstić information content (AvgIpc) is 2.15. The van der Waals surface area contributed by atoms with E-state index in [4.69, 9.17) is 14.6 Å². The summed E-state index contributed by atoms with van der Waals surface area (Å²) in [7, 11) is 1.51. The Morgan fingerprint density at radius 2 is 2.14 bits per heavy atom. The van der Waals surface area contributed by atoms with Crippen molar-refractivity contribution in [1.29, 1.82) is 0 Å². The van der Waals surface area contributed by atoms with Gasteiger partial charge in [-0.1, -0.05) is 0 Å². The van der Waals surface area contributed by atoms with Gasteiger partial charge in [0.05, 0.1) is 19.8 Å². The first-order chi connectivity index (χ1) is 6.25. The van der Waals surface area contributed by atoms with Crippen molar-refractivity contribution in [3.63, 3.8) is 0 Å². The Balaban J connectivity index is 0.00000169. The van der Waals surface area contributed by atoms with Crippen molar-refractivity contribution in [1.82, 2.24) is 4.90 Å². The minimum Gasteiger partial charge on any atom is -0.480 e. The number of ether oxygens (including phenoxy) is 2. The Bertz CT molecular complexity index is 173. The minimum absolute atomic E-state index is 0. The fraction of sp³-hybridized carbons (Fsp3) is 0.875. The van der Waals surface area contributed by atoms with Gasteiger partial charge >= 0.3 is 5.97 Å². The third kappa shape index (κ3) is 3.79. The van der Waals surface area contributed by atoms with Crippen LogP contribution in [0.1, 0.15) is 0 Å². The van der Waals surface area contributed by atoms with Crippen LogP contribution in [0.2, 0.25) is 0 Å². The van der Waals surface area contributed by atoms with Crippen molar-refractivity contribution < 1.29 is 19.4 Å². The molecular formula is C8H16ClNO4. The molecule has 1 heterocycles. The molecule has 1 saturated heterocycles. The fourth-order valence-electron chi connectivity index (χ4n) is 1.38.